The minimum Gasteiger partial charge on any atom is -0.478 e. The smallest absolute Gasteiger partial charge is 0.478 e. The summed E-state index contributed by atoms with van der Waals surface area (Å²) >= 11 is 0. The molecule has 9 nitrogen and oxygen atoms in total. The van der Waals surface area contributed by atoms with E-state index in [1.165, 1.54) is 5.56 Å². The minimum atomic E-state index is -5.08. The van der Waals surface area contributed by atoms with Gasteiger partial charge in [0.15, 0.2) is 11.7 Å². The molecule has 0 bridgehead atoms. The Morgan fingerprint density at radius 2 is 1.38 bits per heavy atom. The number of piperazine rings is 1. The molecule has 1 saturated heterocycles. The van der Waals surface area contributed by atoms with Crippen LogP contribution in [-0.4, -0.2) is 77.7 Å². The van der Waals surface area contributed by atoms with E-state index in [9.17, 15) is 27.9 Å². The number of aromatic carboxylic acids is 1. The molecule has 0 atom stereocenters. The van der Waals surface area contributed by atoms with Crippen molar-refractivity contribution in [2.75, 3.05) is 42.9 Å². The van der Waals surface area contributed by atoms with Crippen LogP contribution < -0.4 is 10.2 Å². The maximum atomic E-state index is 11.6. The Morgan fingerprint density at radius 1 is 0.833 bits per heavy atom. The molecule has 3 aromatic rings. The van der Waals surface area contributed by atoms with Gasteiger partial charge in [-0.3, -0.25) is 9.79 Å². The van der Waals surface area contributed by atoms with E-state index in [1.54, 1.807) is 31.2 Å². The van der Waals surface area contributed by atoms with Gasteiger partial charge in [0.1, 0.15) is 0 Å². The molecule has 0 radical (unpaired) electrons. The van der Waals surface area contributed by atoms with Crippen molar-refractivity contribution in [1.29, 1.82) is 0 Å². The lowest BCUT2D eigenvalue weighted by Crippen LogP contribution is -2.50. The Bertz CT molecular complexity index is 1370. The molecule has 42 heavy (non-hydrogen) atoms. The van der Waals surface area contributed by atoms with Gasteiger partial charge in [-0.25, -0.2) is 9.59 Å². The number of hydrogen-bond donors (Lipinski definition) is 3. The van der Waals surface area contributed by atoms with Gasteiger partial charge in [0.05, 0.1) is 5.56 Å². The molecule has 1 aliphatic rings. The van der Waals surface area contributed by atoms with Crippen LogP contribution in [0.2, 0.25) is 0 Å². The largest absolute Gasteiger partial charge is 0.490 e. The number of Topliss-reactive ketones (excluding diaryl/α,β-unsaturated/α-hetero) is 1. The number of nitrogens with one attached hydrogen (secondary N) is 1. The van der Waals surface area contributed by atoms with E-state index in [2.05, 4.69) is 27.2 Å². The molecule has 3 aromatic carbocycles. The van der Waals surface area contributed by atoms with Gasteiger partial charge in [0.25, 0.3) is 0 Å². The summed E-state index contributed by atoms with van der Waals surface area (Å²) < 4.78 is 31.7. The minimum absolute atomic E-state index is 0.0696. The predicted octanol–water partition coefficient (Wildman–Crippen LogP) is 5.05. The molecule has 0 unspecified atom stereocenters. The maximum Gasteiger partial charge on any atom is 0.490 e. The number of hydrogen-bond acceptors (Lipinski definition) is 5. The second kappa shape index (κ2) is 14.7. The maximum absolute atomic E-state index is 11.6. The molecule has 0 spiro atoms. The monoisotopic (exact) mass is 584 g/mol. The highest BCUT2D eigenvalue weighted by Gasteiger charge is 2.38. The lowest BCUT2D eigenvalue weighted by atomic mass is 10.1. The van der Waals surface area contributed by atoms with Crippen molar-refractivity contribution in [3.05, 3.63) is 95.6 Å². The van der Waals surface area contributed by atoms with Crippen LogP contribution in [0.3, 0.4) is 0 Å². The quantitative estimate of drug-likeness (QED) is 0.200. The van der Waals surface area contributed by atoms with Gasteiger partial charge in [0.2, 0.25) is 0 Å². The van der Waals surface area contributed by atoms with Crippen molar-refractivity contribution in [3.8, 4) is 0 Å². The van der Waals surface area contributed by atoms with E-state index in [-0.39, 0.29) is 11.3 Å². The third-order valence-corrected chi connectivity index (χ3v) is 6.35. The Labute approximate surface area is 240 Å². The first-order chi connectivity index (χ1) is 19.9. The van der Waals surface area contributed by atoms with Crippen molar-refractivity contribution in [2.24, 2.45) is 4.99 Å². The highest BCUT2D eigenvalue weighted by atomic mass is 19.4. The van der Waals surface area contributed by atoms with Gasteiger partial charge in [-0.2, -0.15) is 13.2 Å². The first-order valence-electron chi connectivity index (χ1n) is 13.0. The van der Waals surface area contributed by atoms with E-state index >= 15 is 0 Å². The molecule has 1 fully saturated rings. The fraction of sp³-hybridized carbons (Fsp3) is 0.267. The average Bonchev–Trinajstić information content (AvgIpc) is 2.97. The number of carboxylic acids is 2. The van der Waals surface area contributed by atoms with E-state index in [1.807, 2.05) is 42.5 Å². The number of anilines is 2. The van der Waals surface area contributed by atoms with Crippen LogP contribution in [0.15, 0.2) is 83.9 Å². The average molecular weight is 585 g/mol. The summed E-state index contributed by atoms with van der Waals surface area (Å²) in [4.78, 5) is 41.1. The molecular weight excluding hydrogens is 553 g/mol. The fourth-order valence-electron chi connectivity index (χ4n) is 4.06. The topological polar surface area (TPSA) is 123 Å². The number of carbonyl (C=O) groups is 3. The number of rotatable bonds is 7. The van der Waals surface area contributed by atoms with Gasteiger partial charge >= 0.3 is 18.1 Å². The zero-order valence-electron chi connectivity index (χ0n) is 22.8. The number of benzene rings is 3. The number of halogens is 3. The van der Waals surface area contributed by atoms with E-state index in [4.69, 9.17) is 14.9 Å². The zero-order valence-corrected chi connectivity index (χ0v) is 22.8. The predicted molar refractivity (Wildman–Crippen MR) is 153 cm³/mol. The van der Waals surface area contributed by atoms with E-state index in [0.29, 0.717) is 6.54 Å². The summed E-state index contributed by atoms with van der Waals surface area (Å²) in [5, 5.41) is 19.7. The summed E-state index contributed by atoms with van der Waals surface area (Å²) in [5.41, 5.74) is 4.12. The van der Waals surface area contributed by atoms with Crippen LogP contribution in [-0.2, 0) is 11.2 Å². The second-order valence-corrected chi connectivity index (χ2v) is 9.33. The normalized spacial score (nSPS) is 13.6. The first kappa shape index (κ1) is 31.7. The Kier molecular flexibility index (Phi) is 11.1. The molecule has 0 saturated carbocycles. The van der Waals surface area contributed by atoms with E-state index in [0.717, 1.165) is 55.5 Å². The van der Waals surface area contributed by atoms with Crippen LogP contribution in [0, 0.1) is 0 Å². The van der Waals surface area contributed by atoms with Crippen LogP contribution in [0.4, 0.5) is 24.5 Å². The summed E-state index contributed by atoms with van der Waals surface area (Å²) in [6.07, 6.45) is -4.24. The van der Waals surface area contributed by atoms with Crippen LogP contribution in [0.25, 0.3) is 0 Å². The van der Waals surface area contributed by atoms with Crippen molar-refractivity contribution in [2.45, 2.75) is 19.5 Å². The van der Waals surface area contributed by atoms with E-state index < -0.39 is 18.1 Å². The van der Waals surface area contributed by atoms with Gasteiger partial charge < -0.3 is 25.3 Å². The lowest BCUT2D eigenvalue weighted by Gasteiger charge is -2.37. The molecular formula is C30H31F3N4O5. The number of ketones is 1. The molecule has 1 aliphatic heterocycles. The molecule has 0 aromatic heterocycles. The molecule has 0 aliphatic carbocycles. The molecule has 0 amide bonds. The van der Waals surface area contributed by atoms with Crippen LogP contribution >= 0.6 is 0 Å². The Hall–Kier alpha value is -4.87. The van der Waals surface area contributed by atoms with Gasteiger partial charge in [-0.1, -0.05) is 30.3 Å². The summed E-state index contributed by atoms with van der Waals surface area (Å²) in [6.45, 7) is 5.46. The SMILES string of the molecule is CC(=O)c1ccc(N2CCN(C(=NCCc3ccccc3)Nc3ccc(C(=O)O)cc3)CC2)cc1.O=C(O)C(F)(F)F. The fourth-order valence-corrected chi connectivity index (χ4v) is 4.06. The highest BCUT2D eigenvalue weighted by molar-refractivity contribution is 5.95. The number of guanidine groups is 1. The van der Waals surface area contributed by atoms with Crippen molar-refractivity contribution in [3.63, 3.8) is 0 Å². The number of nitrogens with zero attached hydrogens (tertiary/aromatic N) is 3. The summed E-state index contributed by atoms with van der Waals surface area (Å²) in [5.74, 6) is -2.84. The second-order valence-electron chi connectivity index (χ2n) is 9.33. The van der Waals surface area contributed by atoms with Crippen LogP contribution in [0.1, 0.15) is 33.2 Å². The third kappa shape index (κ3) is 9.65. The lowest BCUT2D eigenvalue weighted by molar-refractivity contribution is -0.192. The Morgan fingerprint density at radius 3 is 1.88 bits per heavy atom. The van der Waals surface area contributed by atoms with Gasteiger partial charge in [0, 0.05) is 49.7 Å². The number of aliphatic imine (C=N–C) groups is 1. The first-order valence-corrected chi connectivity index (χ1v) is 13.0. The molecule has 4 rings (SSSR count). The summed E-state index contributed by atoms with van der Waals surface area (Å²) in [7, 11) is 0. The summed E-state index contributed by atoms with van der Waals surface area (Å²) in [6, 6.07) is 24.8. The zero-order chi connectivity index (χ0) is 30.7. The third-order valence-electron chi connectivity index (χ3n) is 6.35. The van der Waals surface area contributed by atoms with Crippen LogP contribution in [0.5, 0.6) is 0 Å². The van der Waals surface area contributed by atoms with Crippen molar-refractivity contribution >= 4 is 35.1 Å². The molecule has 3 N–H and O–H groups in total. The van der Waals surface area contributed by atoms with Crippen molar-refractivity contribution in [1.82, 2.24) is 4.90 Å². The van der Waals surface area contributed by atoms with Gasteiger partial charge in [-0.15, -0.1) is 0 Å². The molecule has 1 heterocycles. The number of carboxylic acid groups (broad SMARTS) is 2. The number of aliphatic carboxylic acids is 1. The number of carbonyl (C=O) groups excluding carboxylic acids is 1. The molecule has 222 valence electrons. The standard InChI is InChI=1S/C28H30N4O3.C2HF3O2/c1-21(33)23-9-13-26(14-10-23)31-17-19-32(20-18-31)28(29-16-15-22-5-3-2-4-6-22)30-25-11-7-24(8-12-25)27(34)35;3-2(4,5)1(6)7/h2-14H,15-20H2,1H3,(H,29,30)(H,34,35);(H,6,7). The van der Waals surface area contributed by atoms with Gasteiger partial charge in [-0.05, 0) is 67.4 Å². The highest BCUT2D eigenvalue weighted by Crippen LogP contribution is 2.19. The number of alkyl halides is 3. The van der Waals surface area contributed by atoms with Crippen molar-refractivity contribution < 1.29 is 37.8 Å². The molecule has 12 heteroatoms. The Balaban J connectivity index is 0.000000616.